The van der Waals surface area contributed by atoms with Gasteiger partial charge in [0.15, 0.2) is 5.96 Å². The summed E-state index contributed by atoms with van der Waals surface area (Å²) in [5.74, 6) is 1.61. The van der Waals surface area contributed by atoms with Crippen molar-refractivity contribution in [3.63, 3.8) is 0 Å². The molecule has 0 aromatic rings. The Morgan fingerprint density at radius 3 is 2.93 bits per heavy atom. The predicted molar refractivity (Wildman–Crippen MR) is 63.8 cm³/mol. The van der Waals surface area contributed by atoms with Gasteiger partial charge in [0.05, 0.1) is 12.1 Å². The third kappa shape index (κ3) is 1.62. The highest BCUT2D eigenvalue weighted by molar-refractivity contribution is 5.81. The normalized spacial score (nSPS) is 37.4. The van der Waals surface area contributed by atoms with Crippen LogP contribution in [0.2, 0.25) is 0 Å². The molecule has 1 aliphatic heterocycles. The quantitative estimate of drug-likeness (QED) is 0.755. The molecule has 3 nitrogen and oxygen atoms in total. The van der Waals surface area contributed by atoms with E-state index < -0.39 is 0 Å². The van der Waals surface area contributed by atoms with Gasteiger partial charge >= 0.3 is 0 Å². The van der Waals surface area contributed by atoms with Crippen molar-refractivity contribution in [2.75, 3.05) is 6.54 Å². The van der Waals surface area contributed by atoms with E-state index in [4.69, 9.17) is 5.73 Å². The highest BCUT2D eigenvalue weighted by Gasteiger charge is 2.47. The lowest BCUT2D eigenvalue weighted by atomic mass is 9.93. The van der Waals surface area contributed by atoms with Gasteiger partial charge in [0.1, 0.15) is 0 Å². The summed E-state index contributed by atoms with van der Waals surface area (Å²) in [7, 11) is 0. The zero-order valence-electron chi connectivity index (χ0n) is 10.2. The summed E-state index contributed by atoms with van der Waals surface area (Å²) in [6.45, 7) is 7.76. The summed E-state index contributed by atoms with van der Waals surface area (Å²) in [4.78, 5) is 6.88. The van der Waals surface area contributed by atoms with Gasteiger partial charge in [-0.1, -0.05) is 13.8 Å². The van der Waals surface area contributed by atoms with Crippen molar-refractivity contribution in [2.24, 2.45) is 16.6 Å². The van der Waals surface area contributed by atoms with E-state index in [0.29, 0.717) is 6.04 Å². The molecule has 1 saturated carbocycles. The molecule has 1 heterocycles. The first-order valence-electron chi connectivity index (χ1n) is 6.18. The molecule has 0 radical (unpaired) electrons. The van der Waals surface area contributed by atoms with E-state index in [1.165, 1.54) is 19.3 Å². The molecule has 2 N–H and O–H groups in total. The SMILES string of the molecule is CCC(C)N1C(N)=NCC12CCC(C)C2. The van der Waals surface area contributed by atoms with Crippen LogP contribution in [0.15, 0.2) is 4.99 Å². The third-order valence-corrected chi connectivity index (χ3v) is 4.16. The number of hydrogen-bond acceptors (Lipinski definition) is 3. The third-order valence-electron chi connectivity index (χ3n) is 4.16. The maximum Gasteiger partial charge on any atom is 0.192 e. The minimum Gasteiger partial charge on any atom is -0.370 e. The Morgan fingerprint density at radius 2 is 2.40 bits per heavy atom. The molecule has 86 valence electrons. The lowest BCUT2D eigenvalue weighted by molar-refractivity contribution is 0.154. The van der Waals surface area contributed by atoms with Crippen LogP contribution in [0.3, 0.4) is 0 Å². The van der Waals surface area contributed by atoms with Gasteiger partial charge in [-0.3, -0.25) is 4.99 Å². The van der Waals surface area contributed by atoms with E-state index in [9.17, 15) is 0 Å². The molecule has 0 aromatic carbocycles. The Bertz CT molecular complexity index is 274. The van der Waals surface area contributed by atoms with Crippen LogP contribution < -0.4 is 5.73 Å². The Hall–Kier alpha value is -0.730. The van der Waals surface area contributed by atoms with E-state index in [1.807, 2.05) is 0 Å². The molecule has 15 heavy (non-hydrogen) atoms. The molecule has 2 rings (SSSR count). The smallest absolute Gasteiger partial charge is 0.192 e. The zero-order valence-corrected chi connectivity index (χ0v) is 10.2. The Morgan fingerprint density at radius 1 is 1.67 bits per heavy atom. The molecule has 3 heteroatoms. The van der Waals surface area contributed by atoms with Crippen LogP contribution in [0.5, 0.6) is 0 Å². The van der Waals surface area contributed by atoms with Crippen LogP contribution >= 0.6 is 0 Å². The summed E-state index contributed by atoms with van der Waals surface area (Å²) in [6, 6.07) is 0.529. The minimum atomic E-state index is 0.277. The largest absolute Gasteiger partial charge is 0.370 e. The summed E-state index contributed by atoms with van der Waals surface area (Å²) in [5, 5.41) is 0. The van der Waals surface area contributed by atoms with Crippen molar-refractivity contribution >= 4 is 5.96 Å². The summed E-state index contributed by atoms with van der Waals surface area (Å²) >= 11 is 0. The molecule has 1 fully saturated rings. The van der Waals surface area contributed by atoms with Gasteiger partial charge in [-0.25, -0.2) is 0 Å². The van der Waals surface area contributed by atoms with Gasteiger partial charge in [0, 0.05) is 6.04 Å². The monoisotopic (exact) mass is 209 g/mol. The van der Waals surface area contributed by atoms with Crippen molar-refractivity contribution in [2.45, 2.75) is 58.0 Å². The molecule has 0 amide bonds. The van der Waals surface area contributed by atoms with Crippen LogP contribution in [0.25, 0.3) is 0 Å². The van der Waals surface area contributed by atoms with Crippen molar-refractivity contribution in [3.05, 3.63) is 0 Å². The van der Waals surface area contributed by atoms with Gasteiger partial charge in [-0.15, -0.1) is 0 Å². The molecular formula is C12H23N3. The van der Waals surface area contributed by atoms with Gasteiger partial charge in [-0.2, -0.15) is 0 Å². The Kier molecular flexibility index (Phi) is 2.65. The first-order chi connectivity index (χ1) is 7.09. The second kappa shape index (κ2) is 3.69. The number of rotatable bonds is 2. The van der Waals surface area contributed by atoms with Crippen LogP contribution in [0.4, 0.5) is 0 Å². The number of aliphatic imine (C=N–C) groups is 1. The first kappa shape index (κ1) is 10.8. The van der Waals surface area contributed by atoms with Crippen LogP contribution in [0.1, 0.15) is 46.5 Å². The number of hydrogen-bond donors (Lipinski definition) is 1. The standard InChI is InChI=1S/C12H23N3/c1-4-10(3)15-11(13)14-8-12(15)6-5-9(2)7-12/h9-10H,4-8H2,1-3H3,(H2,13,14). The summed E-state index contributed by atoms with van der Waals surface area (Å²) in [6.07, 6.45) is 5.01. The molecule has 2 aliphatic rings. The average Bonchev–Trinajstić information content (AvgIpc) is 2.72. The Labute approximate surface area is 92.7 Å². The van der Waals surface area contributed by atoms with Gasteiger partial charge in [0.25, 0.3) is 0 Å². The molecule has 1 spiro atoms. The second-order valence-electron chi connectivity index (χ2n) is 5.37. The van der Waals surface area contributed by atoms with Gasteiger partial charge in [0.2, 0.25) is 0 Å². The fourth-order valence-corrected chi connectivity index (χ4v) is 3.23. The van der Waals surface area contributed by atoms with Gasteiger partial charge in [-0.05, 0) is 38.5 Å². The molecule has 0 saturated heterocycles. The molecule has 3 unspecified atom stereocenters. The van der Waals surface area contributed by atoms with E-state index in [0.717, 1.165) is 24.8 Å². The lowest BCUT2D eigenvalue weighted by Crippen LogP contribution is -2.54. The molecule has 1 aliphatic carbocycles. The second-order valence-corrected chi connectivity index (χ2v) is 5.37. The minimum absolute atomic E-state index is 0.277. The number of nitrogens with two attached hydrogens (primary N) is 1. The van der Waals surface area contributed by atoms with Crippen LogP contribution in [0, 0.1) is 5.92 Å². The van der Waals surface area contributed by atoms with Crippen molar-refractivity contribution in [3.8, 4) is 0 Å². The fraction of sp³-hybridized carbons (Fsp3) is 0.917. The molecule has 0 bridgehead atoms. The van der Waals surface area contributed by atoms with E-state index >= 15 is 0 Å². The molecule has 0 aromatic heterocycles. The fourth-order valence-electron chi connectivity index (χ4n) is 3.23. The molecule has 3 atom stereocenters. The maximum atomic E-state index is 6.03. The average molecular weight is 209 g/mol. The predicted octanol–water partition coefficient (Wildman–Crippen LogP) is 1.97. The number of nitrogens with zero attached hydrogens (tertiary/aromatic N) is 2. The Balaban J connectivity index is 2.20. The van der Waals surface area contributed by atoms with Crippen LogP contribution in [-0.4, -0.2) is 29.0 Å². The highest BCUT2D eigenvalue weighted by atomic mass is 15.4. The van der Waals surface area contributed by atoms with Crippen molar-refractivity contribution in [1.82, 2.24) is 4.90 Å². The lowest BCUT2D eigenvalue weighted by Gasteiger charge is -2.40. The number of guanidine groups is 1. The summed E-state index contributed by atoms with van der Waals surface area (Å²) < 4.78 is 0. The van der Waals surface area contributed by atoms with E-state index in [-0.39, 0.29) is 5.54 Å². The molecular weight excluding hydrogens is 186 g/mol. The first-order valence-corrected chi connectivity index (χ1v) is 6.18. The highest BCUT2D eigenvalue weighted by Crippen LogP contribution is 2.42. The summed E-state index contributed by atoms with van der Waals surface area (Å²) in [5.41, 5.74) is 6.31. The van der Waals surface area contributed by atoms with Crippen molar-refractivity contribution in [1.29, 1.82) is 0 Å². The van der Waals surface area contributed by atoms with Crippen molar-refractivity contribution < 1.29 is 0 Å². The van der Waals surface area contributed by atoms with E-state index in [2.05, 4.69) is 30.7 Å². The maximum absolute atomic E-state index is 6.03. The van der Waals surface area contributed by atoms with Crippen LogP contribution in [-0.2, 0) is 0 Å². The van der Waals surface area contributed by atoms with E-state index in [1.54, 1.807) is 0 Å². The zero-order chi connectivity index (χ0) is 11.1. The topological polar surface area (TPSA) is 41.6 Å². The van der Waals surface area contributed by atoms with Gasteiger partial charge < -0.3 is 10.6 Å².